The molecule has 0 amide bonds. The first kappa shape index (κ1) is 20.4. The van der Waals surface area contributed by atoms with Crippen LogP contribution in [0.25, 0.3) is 11.3 Å². The lowest BCUT2D eigenvalue weighted by Gasteiger charge is -2.20. The van der Waals surface area contributed by atoms with E-state index in [-0.39, 0.29) is 0 Å². The van der Waals surface area contributed by atoms with E-state index in [1.165, 1.54) is 0 Å². The second-order valence-corrected chi connectivity index (χ2v) is 8.87. The van der Waals surface area contributed by atoms with Crippen molar-refractivity contribution < 1.29 is 14.4 Å². The van der Waals surface area contributed by atoms with Gasteiger partial charge < -0.3 is 14.5 Å². The molecule has 1 aliphatic carbocycles. The molecule has 31 heavy (non-hydrogen) atoms. The fourth-order valence-electron chi connectivity index (χ4n) is 4.11. The molecule has 6 nitrogen and oxygen atoms in total. The summed E-state index contributed by atoms with van der Waals surface area (Å²) in [6.45, 7) is 3.02. The van der Waals surface area contributed by atoms with Crippen molar-refractivity contribution in [3.8, 4) is 11.3 Å². The van der Waals surface area contributed by atoms with Crippen molar-refractivity contribution in [1.82, 2.24) is 10.1 Å². The summed E-state index contributed by atoms with van der Waals surface area (Å²) in [5, 5.41) is 14.8. The zero-order valence-corrected chi connectivity index (χ0v) is 18.2. The largest absolute Gasteiger partial charge is 0.478 e. The van der Waals surface area contributed by atoms with Crippen molar-refractivity contribution in [3.05, 3.63) is 69.4 Å². The molecule has 0 radical (unpaired) electrons. The summed E-state index contributed by atoms with van der Waals surface area (Å²) in [6.07, 6.45) is 2.21. The summed E-state index contributed by atoms with van der Waals surface area (Å²) in [5.41, 5.74) is 3.66. The molecule has 0 unspecified atom stereocenters. The fraction of sp³-hybridized carbons (Fsp3) is 0.304. The standard InChI is InChI=1S/C23H21Cl2N3O3/c24-18-5-2-6-19(25)20(18)21-17(22(31-26-21)14-7-8-14)12-27-9-10-28(13-27)16-4-1-3-15(11-16)23(29)30/h1-6,11,14H,7-10,12-13H2,(H,29,30). The number of benzene rings is 2. The maximum Gasteiger partial charge on any atom is 0.335 e. The first-order valence-electron chi connectivity index (χ1n) is 10.2. The van der Waals surface area contributed by atoms with Gasteiger partial charge in [0.25, 0.3) is 0 Å². The van der Waals surface area contributed by atoms with Crippen LogP contribution in [0.1, 0.15) is 40.4 Å². The van der Waals surface area contributed by atoms with Crippen LogP contribution in [0.2, 0.25) is 10.0 Å². The molecule has 2 aromatic carbocycles. The average Bonchev–Trinajstić information content (AvgIpc) is 3.35. The molecule has 0 bridgehead atoms. The molecule has 8 heteroatoms. The molecule has 160 valence electrons. The second-order valence-electron chi connectivity index (χ2n) is 8.06. The Balaban J connectivity index is 1.41. The molecule has 1 saturated carbocycles. The average molecular weight is 458 g/mol. The second kappa shape index (κ2) is 8.19. The number of anilines is 1. The maximum absolute atomic E-state index is 11.3. The number of aromatic nitrogens is 1. The number of halogens is 2. The summed E-state index contributed by atoms with van der Waals surface area (Å²) in [7, 11) is 0. The van der Waals surface area contributed by atoms with E-state index >= 15 is 0 Å². The van der Waals surface area contributed by atoms with Gasteiger partial charge in [-0.25, -0.2) is 4.79 Å². The van der Waals surface area contributed by atoms with Crippen molar-refractivity contribution in [3.63, 3.8) is 0 Å². The predicted octanol–water partition coefficient (Wildman–Crippen LogP) is 5.50. The van der Waals surface area contributed by atoms with Gasteiger partial charge in [-0.3, -0.25) is 4.90 Å². The lowest BCUT2D eigenvalue weighted by Crippen LogP contribution is -2.25. The van der Waals surface area contributed by atoms with Gasteiger partial charge in [0.05, 0.1) is 22.3 Å². The van der Waals surface area contributed by atoms with Crippen LogP contribution in [0.5, 0.6) is 0 Å². The molecule has 1 N–H and O–H groups in total. The number of carboxylic acid groups (broad SMARTS) is 1. The topological polar surface area (TPSA) is 69.8 Å². The maximum atomic E-state index is 11.3. The Morgan fingerprint density at radius 2 is 1.87 bits per heavy atom. The molecule has 2 fully saturated rings. The summed E-state index contributed by atoms with van der Waals surface area (Å²) >= 11 is 12.9. The zero-order chi connectivity index (χ0) is 21.5. The number of aromatic carboxylic acids is 1. The van der Waals surface area contributed by atoms with Gasteiger partial charge in [-0.15, -0.1) is 0 Å². The molecule has 2 aliphatic rings. The third kappa shape index (κ3) is 4.03. The van der Waals surface area contributed by atoms with E-state index in [1.54, 1.807) is 18.2 Å². The first-order valence-corrected chi connectivity index (χ1v) is 11.0. The van der Waals surface area contributed by atoms with E-state index in [1.807, 2.05) is 24.3 Å². The normalized spacial score (nSPS) is 16.8. The van der Waals surface area contributed by atoms with E-state index in [0.29, 0.717) is 46.0 Å². The minimum Gasteiger partial charge on any atom is -0.478 e. The third-order valence-electron chi connectivity index (χ3n) is 5.86. The number of hydrogen-bond donors (Lipinski definition) is 1. The Kier molecular flexibility index (Phi) is 5.38. The summed E-state index contributed by atoms with van der Waals surface area (Å²) < 4.78 is 5.78. The quantitative estimate of drug-likeness (QED) is 0.526. The van der Waals surface area contributed by atoms with Crippen molar-refractivity contribution in [2.45, 2.75) is 25.3 Å². The van der Waals surface area contributed by atoms with Gasteiger partial charge in [0, 0.05) is 42.4 Å². The Hall–Kier alpha value is -2.54. The van der Waals surface area contributed by atoms with Gasteiger partial charge in [0.15, 0.2) is 0 Å². The van der Waals surface area contributed by atoms with Crippen molar-refractivity contribution in [2.75, 3.05) is 24.7 Å². The van der Waals surface area contributed by atoms with Crippen molar-refractivity contribution >= 4 is 34.9 Å². The van der Waals surface area contributed by atoms with Crippen molar-refractivity contribution in [1.29, 1.82) is 0 Å². The van der Waals surface area contributed by atoms with Gasteiger partial charge in [0.1, 0.15) is 11.5 Å². The molecule has 2 heterocycles. The van der Waals surface area contributed by atoms with Crippen LogP contribution in [0.3, 0.4) is 0 Å². The molecular weight excluding hydrogens is 437 g/mol. The Morgan fingerprint density at radius 3 is 2.58 bits per heavy atom. The predicted molar refractivity (Wildman–Crippen MR) is 120 cm³/mol. The molecule has 0 atom stereocenters. The highest BCUT2D eigenvalue weighted by Gasteiger charge is 2.35. The summed E-state index contributed by atoms with van der Waals surface area (Å²) in [5.74, 6) is 0.415. The van der Waals surface area contributed by atoms with Gasteiger partial charge in [-0.2, -0.15) is 0 Å². The van der Waals surface area contributed by atoms with E-state index in [4.69, 9.17) is 27.7 Å². The van der Waals surface area contributed by atoms with Crippen LogP contribution in [0.15, 0.2) is 47.0 Å². The zero-order valence-electron chi connectivity index (χ0n) is 16.7. The van der Waals surface area contributed by atoms with Crippen LogP contribution in [0, 0.1) is 0 Å². The lowest BCUT2D eigenvalue weighted by atomic mass is 10.0. The highest BCUT2D eigenvalue weighted by atomic mass is 35.5. The Morgan fingerprint density at radius 1 is 1.13 bits per heavy atom. The van der Waals surface area contributed by atoms with E-state index < -0.39 is 5.97 Å². The highest BCUT2D eigenvalue weighted by Crippen LogP contribution is 2.46. The summed E-state index contributed by atoms with van der Waals surface area (Å²) in [4.78, 5) is 15.8. The number of rotatable bonds is 6. The lowest BCUT2D eigenvalue weighted by molar-refractivity contribution is 0.0697. The molecule has 5 rings (SSSR count). The SMILES string of the molecule is O=C(O)c1cccc(N2CCN(Cc3c(-c4c(Cl)cccc4Cl)noc3C3CC3)C2)c1. The Labute approximate surface area is 190 Å². The number of nitrogens with zero attached hydrogens (tertiary/aromatic N) is 3. The monoisotopic (exact) mass is 457 g/mol. The van der Waals surface area contributed by atoms with E-state index in [2.05, 4.69) is 15.0 Å². The number of hydrogen-bond acceptors (Lipinski definition) is 5. The van der Waals surface area contributed by atoms with Crippen LogP contribution in [0.4, 0.5) is 5.69 Å². The molecule has 1 saturated heterocycles. The van der Waals surface area contributed by atoms with Crippen LogP contribution < -0.4 is 4.90 Å². The van der Waals surface area contributed by atoms with Gasteiger partial charge in [-0.05, 0) is 43.2 Å². The summed E-state index contributed by atoms with van der Waals surface area (Å²) in [6, 6.07) is 12.5. The fourth-order valence-corrected chi connectivity index (χ4v) is 4.68. The molecule has 1 aliphatic heterocycles. The molecule has 0 spiro atoms. The van der Waals surface area contributed by atoms with Crippen molar-refractivity contribution in [2.24, 2.45) is 0 Å². The molecule has 1 aromatic heterocycles. The minimum atomic E-state index is -0.919. The molecular formula is C23H21Cl2N3O3. The smallest absolute Gasteiger partial charge is 0.335 e. The van der Waals surface area contributed by atoms with Crippen LogP contribution in [-0.4, -0.2) is 40.9 Å². The number of carbonyl (C=O) groups is 1. The first-order chi connectivity index (χ1) is 15.0. The van der Waals surface area contributed by atoms with Crippen LogP contribution in [-0.2, 0) is 6.54 Å². The van der Waals surface area contributed by atoms with Gasteiger partial charge >= 0.3 is 5.97 Å². The van der Waals surface area contributed by atoms with Crippen LogP contribution >= 0.6 is 23.2 Å². The van der Waals surface area contributed by atoms with E-state index in [9.17, 15) is 9.90 Å². The minimum absolute atomic E-state index is 0.293. The molecule has 3 aromatic rings. The van der Waals surface area contributed by atoms with E-state index in [0.717, 1.165) is 42.9 Å². The number of carboxylic acids is 1. The highest BCUT2D eigenvalue weighted by molar-refractivity contribution is 6.39. The van der Waals surface area contributed by atoms with Gasteiger partial charge in [0.2, 0.25) is 0 Å². The third-order valence-corrected chi connectivity index (χ3v) is 6.49. The Bertz CT molecular complexity index is 1120. The van der Waals surface area contributed by atoms with Gasteiger partial charge in [-0.1, -0.05) is 40.5 Å².